The van der Waals surface area contributed by atoms with Gasteiger partial charge in [-0.2, -0.15) is 0 Å². The molecule has 0 saturated carbocycles. The van der Waals surface area contributed by atoms with Crippen molar-refractivity contribution in [2.75, 3.05) is 18.9 Å². The zero-order chi connectivity index (χ0) is 12.8. The first kappa shape index (κ1) is 14.1. The lowest BCUT2D eigenvalue weighted by atomic mass is 10.1. The number of ether oxygens (including phenoxy) is 1. The highest BCUT2D eigenvalue weighted by atomic mass is 79.9. The number of hydrogen-bond acceptors (Lipinski definition) is 3. The van der Waals surface area contributed by atoms with E-state index in [9.17, 15) is 13.6 Å². The van der Waals surface area contributed by atoms with Gasteiger partial charge < -0.3 is 10.5 Å². The van der Waals surface area contributed by atoms with Gasteiger partial charge in [-0.05, 0) is 34.1 Å². The maximum absolute atomic E-state index is 11.8. The number of rotatable bonds is 6. The number of benzene rings is 1. The van der Waals surface area contributed by atoms with Gasteiger partial charge in [-0.1, -0.05) is 0 Å². The molecule has 0 saturated heterocycles. The number of ketones is 1. The van der Waals surface area contributed by atoms with Crippen LogP contribution in [0.25, 0.3) is 0 Å². The first-order valence-corrected chi connectivity index (χ1v) is 5.74. The normalized spacial score (nSPS) is 10.8. The molecule has 1 rings (SSSR count). The molecule has 0 aliphatic heterocycles. The average molecular weight is 308 g/mol. The zero-order valence-corrected chi connectivity index (χ0v) is 10.5. The number of alkyl halides is 2. The molecule has 0 fully saturated rings. The fraction of sp³-hybridized carbons (Fsp3) is 0.364. The molecule has 3 nitrogen and oxygen atoms in total. The summed E-state index contributed by atoms with van der Waals surface area (Å²) in [5, 5.41) is 0. The summed E-state index contributed by atoms with van der Waals surface area (Å²) in [7, 11) is 0. The van der Waals surface area contributed by atoms with E-state index >= 15 is 0 Å². The van der Waals surface area contributed by atoms with Crippen LogP contribution in [0.4, 0.5) is 14.5 Å². The zero-order valence-electron chi connectivity index (χ0n) is 8.96. The van der Waals surface area contributed by atoms with Crippen LogP contribution >= 0.6 is 15.9 Å². The van der Waals surface area contributed by atoms with Crippen molar-refractivity contribution >= 4 is 27.4 Å². The highest BCUT2D eigenvalue weighted by Crippen LogP contribution is 2.21. The Labute approximate surface area is 106 Å². The summed E-state index contributed by atoms with van der Waals surface area (Å²) >= 11 is 3.22. The lowest BCUT2D eigenvalue weighted by Crippen LogP contribution is -2.10. The number of hydrogen-bond donors (Lipinski definition) is 1. The predicted molar refractivity (Wildman–Crippen MR) is 64.3 cm³/mol. The summed E-state index contributed by atoms with van der Waals surface area (Å²) in [5.74, 6) is -0.175. The minimum Gasteiger partial charge on any atom is -0.399 e. The molecule has 1 aromatic carbocycles. The molecule has 2 N–H and O–H groups in total. The second kappa shape index (κ2) is 6.66. The van der Waals surface area contributed by atoms with Crippen LogP contribution in [0.15, 0.2) is 22.7 Å². The van der Waals surface area contributed by atoms with Crippen molar-refractivity contribution in [3.63, 3.8) is 0 Å². The van der Waals surface area contributed by atoms with Crippen molar-refractivity contribution in [3.05, 3.63) is 28.2 Å². The number of halogens is 3. The average Bonchev–Trinajstić information content (AvgIpc) is 2.23. The van der Waals surface area contributed by atoms with Crippen LogP contribution in [0.1, 0.15) is 16.8 Å². The lowest BCUT2D eigenvalue weighted by molar-refractivity contribution is 0.0169. The molecule has 0 aliphatic carbocycles. The van der Waals surface area contributed by atoms with Crippen molar-refractivity contribution in [2.45, 2.75) is 12.8 Å². The van der Waals surface area contributed by atoms with Crippen LogP contribution in [-0.2, 0) is 4.74 Å². The largest absolute Gasteiger partial charge is 0.399 e. The van der Waals surface area contributed by atoms with Gasteiger partial charge in [-0.3, -0.25) is 4.79 Å². The van der Waals surface area contributed by atoms with Gasteiger partial charge in [0.05, 0.1) is 6.61 Å². The Balaban J connectivity index is 2.47. The molecule has 0 amide bonds. The molecule has 0 bridgehead atoms. The van der Waals surface area contributed by atoms with Gasteiger partial charge in [0.25, 0.3) is 6.43 Å². The fourth-order valence-corrected chi connectivity index (χ4v) is 1.85. The van der Waals surface area contributed by atoms with Gasteiger partial charge in [0.1, 0.15) is 6.61 Å². The SMILES string of the molecule is Nc1ccc(C(=O)CCOCC(F)F)c(Br)c1. The fourth-order valence-electron chi connectivity index (χ4n) is 1.23. The molecule has 0 aromatic heterocycles. The Bertz CT molecular complexity index is 399. The van der Waals surface area contributed by atoms with E-state index in [0.717, 1.165) is 0 Å². The van der Waals surface area contributed by atoms with Crippen LogP contribution in [0, 0.1) is 0 Å². The molecule has 0 spiro atoms. The Kier molecular flexibility index (Phi) is 5.50. The first-order chi connectivity index (χ1) is 8.00. The monoisotopic (exact) mass is 307 g/mol. The number of Topliss-reactive ketones (excluding diaryl/α,β-unsaturated/α-hetero) is 1. The Morgan fingerprint density at radius 1 is 1.47 bits per heavy atom. The number of carbonyl (C=O) groups is 1. The number of nitrogens with two attached hydrogens (primary N) is 1. The molecule has 0 aliphatic rings. The van der Waals surface area contributed by atoms with Gasteiger partial charge in [0.15, 0.2) is 5.78 Å². The minimum atomic E-state index is -2.51. The molecular formula is C11H12BrF2NO2. The van der Waals surface area contributed by atoms with E-state index in [4.69, 9.17) is 5.73 Å². The van der Waals surface area contributed by atoms with Gasteiger partial charge in [-0.15, -0.1) is 0 Å². The number of anilines is 1. The molecule has 0 heterocycles. The lowest BCUT2D eigenvalue weighted by Gasteiger charge is -2.05. The summed E-state index contributed by atoms with van der Waals surface area (Å²) in [5.41, 5.74) is 6.55. The van der Waals surface area contributed by atoms with E-state index in [1.165, 1.54) is 0 Å². The summed E-state index contributed by atoms with van der Waals surface area (Å²) in [4.78, 5) is 11.7. The van der Waals surface area contributed by atoms with E-state index in [0.29, 0.717) is 15.7 Å². The van der Waals surface area contributed by atoms with E-state index < -0.39 is 13.0 Å². The first-order valence-electron chi connectivity index (χ1n) is 4.95. The maximum Gasteiger partial charge on any atom is 0.261 e. The second-order valence-corrected chi connectivity index (χ2v) is 4.23. The van der Waals surface area contributed by atoms with Crippen molar-refractivity contribution in [3.8, 4) is 0 Å². The second-order valence-electron chi connectivity index (χ2n) is 3.38. The summed E-state index contributed by atoms with van der Waals surface area (Å²) in [6.07, 6.45) is -2.44. The Morgan fingerprint density at radius 2 is 2.18 bits per heavy atom. The van der Waals surface area contributed by atoms with E-state index in [2.05, 4.69) is 20.7 Å². The van der Waals surface area contributed by atoms with Crippen LogP contribution in [0.3, 0.4) is 0 Å². The van der Waals surface area contributed by atoms with E-state index in [1.807, 2.05) is 0 Å². The molecular weight excluding hydrogens is 296 g/mol. The molecule has 0 atom stereocenters. The van der Waals surface area contributed by atoms with Gasteiger partial charge in [-0.25, -0.2) is 8.78 Å². The number of nitrogen functional groups attached to an aromatic ring is 1. The quantitative estimate of drug-likeness (QED) is 0.499. The van der Waals surface area contributed by atoms with Crippen molar-refractivity contribution in [1.29, 1.82) is 0 Å². The van der Waals surface area contributed by atoms with Crippen molar-refractivity contribution in [2.24, 2.45) is 0 Å². The Morgan fingerprint density at radius 3 is 2.76 bits per heavy atom. The van der Waals surface area contributed by atoms with Crippen molar-refractivity contribution < 1.29 is 18.3 Å². The Hall–Kier alpha value is -1.01. The van der Waals surface area contributed by atoms with Gasteiger partial charge in [0.2, 0.25) is 0 Å². The molecule has 1 aromatic rings. The highest BCUT2D eigenvalue weighted by Gasteiger charge is 2.10. The van der Waals surface area contributed by atoms with Gasteiger partial charge in [0, 0.05) is 22.1 Å². The molecule has 94 valence electrons. The van der Waals surface area contributed by atoms with Gasteiger partial charge >= 0.3 is 0 Å². The smallest absolute Gasteiger partial charge is 0.261 e. The maximum atomic E-state index is 11.8. The van der Waals surface area contributed by atoms with Crippen molar-refractivity contribution in [1.82, 2.24) is 0 Å². The highest BCUT2D eigenvalue weighted by molar-refractivity contribution is 9.10. The van der Waals surface area contributed by atoms with Crippen LogP contribution < -0.4 is 5.73 Å². The third-order valence-electron chi connectivity index (χ3n) is 2.01. The summed E-state index contributed by atoms with van der Waals surface area (Å²) in [6, 6.07) is 4.82. The molecule has 0 unspecified atom stereocenters. The topological polar surface area (TPSA) is 52.3 Å². The predicted octanol–water partition coefficient (Wildman–Crippen LogP) is 2.89. The minimum absolute atomic E-state index is 0.0139. The van der Waals surface area contributed by atoms with E-state index in [-0.39, 0.29) is 18.8 Å². The summed E-state index contributed by atoms with van der Waals surface area (Å²) < 4.78 is 28.8. The molecule has 17 heavy (non-hydrogen) atoms. The molecule has 0 radical (unpaired) electrons. The molecule has 6 heteroatoms. The number of carbonyl (C=O) groups excluding carboxylic acids is 1. The van der Waals surface area contributed by atoms with Crippen LogP contribution in [-0.4, -0.2) is 25.4 Å². The summed E-state index contributed by atoms with van der Waals surface area (Å²) in [6.45, 7) is -0.657. The van der Waals surface area contributed by atoms with E-state index in [1.54, 1.807) is 18.2 Å². The third-order valence-corrected chi connectivity index (χ3v) is 2.67. The third kappa shape index (κ3) is 4.79. The standard InChI is InChI=1S/C11H12BrF2NO2/c12-9-5-7(15)1-2-8(9)10(16)3-4-17-6-11(13)14/h1-2,5,11H,3-4,6,15H2. The van der Waals surface area contributed by atoms with Crippen LogP contribution in [0.5, 0.6) is 0 Å². The van der Waals surface area contributed by atoms with Crippen LogP contribution in [0.2, 0.25) is 0 Å².